The largest absolute Gasteiger partial charge is 0.310 e. The van der Waals surface area contributed by atoms with Gasteiger partial charge in [-0.1, -0.05) is 29.8 Å². The number of rotatable bonds is 5. The molecule has 130 valence electrons. The summed E-state index contributed by atoms with van der Waals surface area (Å²) in [6.07, 6.45) is 2.50. The van der Waals surface area contributed by atoms with Crippen molar-refractivity contribution in [3.63, 3.8) is 0 Å². The Labute approximate surface area is 158 Å². The lowest BCUT2D eigenvalue weighted by molar-refractivity contribution is 0.102. The molecule has 1 amide bonds. The summed E-state index contributed by atoms with van der Waals surface area (Å²) in [5.74, 6) is 0.170. The summed E-state index contributed by atoms with van der Waals surface area (Å²) in [5, 5.41) is 3.06. The molecule has 0 unspecified atom stereocenters. The number of aromatic nitrogens is 4. The van der Waals surface area contributed by atoms with Gasteiger partial charge >= 0.3 is 0 Å². The second-order valence-corrected chi connectivity index (χ2v) is 6.79. The van der Waals surface area contributed by atoms with Crippen LogP contribution in [0.15, 0.2) is 54.2 Å². The summed E-state index contributed by atoms with van der Waals surface area (Å²) in [5.41, 5.74) is 4.29. The highest BCUT2D eigenvalue weighted by Gasteiger charge is 2.18. The quantitative estimate of drug-likeness (QED) is 0.564. The van der Waals surface area contributed by atoms with Gasteiger partial charge in [0.25, 0.3) is 5.91 Å². The fourth-order valence-electron chi connectivity index (χ4n) is 2.71. The first-order valence-electron chi connectivity index (χ1n) is 7.98. The highest BCUT2D eigenvalue weighted by atomic mass is 35.5. The maximum Gasteiger partial charge on any atom is 0.271 e. The van der Waals surface area contributed by atoms with E-state index in [0.717, 1.165) is 23.1 Å². The number of carbonyl (C=O) groups is 1. The second-order valence-electron chi connectivity index (χ2n) is 5.57. The number of amides is 1. The Hall–Kier alpha value is -2.77. The molecule has 0 saturated carbocycles. The van der Waals surface area contributed by atoms with Crippen LogP contribution < -0.4 is 5.32 Å². The van der Waals surface area contributed by atoms with E-state index >= 15 is 0 Å². The lowest BCUT2D eigenvalue weighted by atomic mass is 10.2. The molecular formula is C18H14ClN5OS. The first kappa shape index (κ1) is 16.7. The number of nitrogens with one attached hydrogen (secondary N) is 1. The van der Waals surface area contributed by atoms with Gasteiger partial charge in [0.2, 0.25) is 5.95 Å². The number of hydrogen-bond donors (Lipinski definition) is 1. The van der Waals surface area contributed by atoms with Gasteiger partial charge in [-0.2, -0.15) is 0 Å². The molecule has 0 fully saturated rings. The minimum atomic E-state index is -0.313. The third-order valence-corrected chi connectivity index (χ3v) is 5.15. The van der Waals surface area contributed by atoms with Crippen molar-refractivity contribution in [1.82, 2.24) is 19.5 Å². The van der Waals surface area contributed by atoms with Crippen molar-refractivity contribution in [3.05, 3.63) is 69.9 Å². The number of nitrogens with zero attached hydrogens (tertiary/aromatic N) is 4. The van der Waals surface area contributed by atoms with E-state index in [9.17, 15) is 4.79 Å². The van der Waals surface area contributed by atoms with Gasteiger partial charge in [-0.15, -0.1) is 11.3 Å². The first-order chi connectivity index (χ1) is 12.7. The number of benzene rings is 1. The van der Waals surface area contributed by atoms with Gasteiger partial charge in [0.05, 0.1) is 16.5 Å². The number of carbonyl (C=O) groups excluding carboxylic acids is 1. The number of pyridine rings is 1. The van der Waals surface area contributed by atoms with E-state index in [4.69, 9.17) is 11.6 Å². The van der Waals surface area contributed by atoms with Crippen molar-refractivity contribution in [1.29, 1.82) is 0 Å². The Kier molecular flexibility index (Phi) is 4.64. The van der Waals surface area contributed by atoms with Gasteiger partial charge in [-0.05, 0) is 24.3 Å². The highest BCUT2D eigenvalue weighted by molar-refractivity contribution is 7.12. The van der Waals surface area contributed by atoms with Crippen molar-refractivity contribution in [3.8, 4) is 0 Å². The number of anilines is 1. The minimum Gasteiger partial charge on any atom is -0.310 e. The molecule has 6 nitrogen and oxygen atoms in total. The zero-order valence-corrected chi connectivity index (χ0v) is 15.2. The third-order valence-electron chi connectivity index (χ3n) is 3.93. The first-order valence-corrected chi connectivity index (χ1v) is 9.23. The fourth-order valence-corrected chi connectivity index (χ4v) is 3.61. The van der Waals surface area contributed by atoms with Crippen LogP contribution in [0.1, 0.15) is 15.4 Å². The average Bonchev–Trinajstić information content (AvgIpc) is 3.24. The number of halogens is 1. The van der Waals surface area contributed by atoms with E-state index in [1.807, 2.05) is 47.0 Å². The van der Waals surface area contributed by atoms with E-state index in [1.165, 1.54) is 11.3 Å². The molecule has 4 rings (SSSR count). The molecule has 3 heterocycles. The Morgan fingerprint density at radius 2 is 2.00 bits per heavy atom. The number of para-hydroxylation sites is 2. The zero-order chi connectivity index (χ0) is 17.9. The highest BCUT2D eigenvalue weighted by Crippen LogP contribution is 2.23. The molecule has 26 heavy (non-hydrogen) atoms. The van der Waals surface area contributed by atoms with Crippen LogP contribution in [0.3, 0.4) is 0 Å². The van der Waals surface area contributed by atoms with Crippen molar-refractivity contribution >= 4 is 45.8 Å². The van der Waals surface area contributed by atoms with E-state index < -0.39 is 0 Å². The van der Waals surface area contributed by atoms with Gasteiger partial charge in [-0.25, -0.2) is 9.97 Å². The van der Waals surface area contributed by atoms with Crippen LogP contribution in [0.2, 0.25) is 5.15 Å². The van der Waals surface area contributed by atoms with Crippen LogP contribution in [-0.4, -0.2) is 25.4 Å². The number of imidazole rings is 1. The number of hydrogen-bond acceptors (Lipinski definition) is 5. The van der Waals surface area contributed by atoms with Crippen LogP contribution in [-0.2, 0) is 13.0 Å². The molecule has 3 aromatic heterocycles. The van der Waals surface area contributed by atoms with E-state index in [-0.39, 0.29) is 11.1 Å². The van der Waals surface area contributed by atoms with Crippen molar-refractivity contribution in [2.24, 2.45) is 0 Å². The van der Waals surface area contributed by atoms with Crippen molar-refractivity contribution < 1.29 is 4.79 Å². The predicted octanol–water partition coefficient (Wildman–Crippen LogP) is 4.04. The van der Waals surface area contributed by atoms with Crippen LogP contribution in [0, 0.1) is 0 Å². The molecule has 0 aliphatic rings. The second kappa shape index (κ2) is 7.23. The Morgan fingerprint density at radius 3 is 2.77 bits per heavy atom. The molecule has 0 atom stereocenters. The van der Waals surface area contributed by atoms with E-state index in [0.29, 0.717) is 17.4 Å². The molecule has 0 aliphatic carbocycles. The number of thiazole rings is 1. The van der Waals surface area contributed by atoms with Crippen molar-refractivity contribution in [2.45, 2.75) is 13.0 Å². The van der Waals surface area contributed by atoms with Crippen LogP contribution in [0.5, 0.6) is 0 Å². The monoisotopic (exact) mass is 383 g/mol. The zero-order valence-electron chi connectivity index (χ0n) is 13.6. The Morgan fingerprint density at radius 1 is 1.15 bits per heavy atom. The topological polar surface area (TPSA) is 72.7 Å². The molecule has 0 saturated heterocycles. The Bertz CT molecular complexity index is 1060. The normalized spacial score (nSPS) is 11.0. The summed E-state index contributed by atoms with van der Waals surface area (Å²) in [6, 6.07) is 13.6. The maximum atomic E-state index is 12.5. The molecule has 1 N–H and O–H groups in total. The lowest BCUT2D eigenvalue weighted by Crippen LogP contribution is -2.16. The fraction of sp³-hybridized carbons (Fsp3) is 0.111. The Balaban J connectivity index is 1.65. The predicted molar refractivity (Wildman–Crippen MR) is 103 cm³/mol. The summed E-state index contributed by atoms with van der Waals surface area (Å²) in [7, 11) is 0. The molecule has 0 radical (unpaired) electrons. The molecular weight excluding hydrogens is 370 g/mol. The van der Waals surface area contributed by atoms with Gasteiger partial charge in [0.1, 0.15) is 4.88 Å². The molecule has 4 aromatic rings. The van der Waals surface area contributed by atoms with Crippen molar-refractivity contribution in [2.75, 3.05) is 5.32 Å². The van der Waals surface area contributed by atoms with Crippen LogP contribution in [0.4, 0.5) is 5.95 Å². The minimum absolute atomic E-state index is 0.198. The molecule has 8 heteroatoms. The standard InChI is InChI=1S/C18H14ClN5OS/c19-16-15(26-11-21-16)17(25)23-18-22-13-6-1-2-7-14(13)24(18)10-8-12-5-3-4-9-20-12/h1-7,9,11H,8,10H2,(H,22,23,25). The smallest absolute Gasteiger partial charge is 0.271 e. The number of aryl methyl sites for hydroxylation is 2. The molecule has 0 aliphatic heterocycles. The summed E-state index contributed by atoms with van der Waals surface area (Å²) >= 11 is 7.16. The van der Waals surface area contributed by atoms with Gasteiger partial charge in [-0.3, -0.25) is 15.1 Å². The number of fused-ring (bicyclic) bond motifs is 1. The van der Waals surface area contributed by atoms with Crippen LogP contribution in [0.25, 0.3) is 11.0 Å². The van der Waals surface area contributed by atoms with Gasteiger partial charge in [0.15, 0.2) is 5.15 Å². The SMILES string of the molecule is O=C(Nc1nc2ccccc2n1CCc1ccccn1)c1scnc1Cl. The molecule has 1 aromatic carbocycles. The average molecular weight is 384 g/mol. The van der Waals surface area contributed by atoms with Gasteiger partial charge in [0, 0.05) is 24.9 Å². The lowest BCUT2D eigenvalue weighted by Gasteiger charge is -2.09. The third kappa shape index (κ3) is 3.31. The summed E-state index contributed by atoms with van der Waals surface area (Å²) < 4.78 is 1.98. The van der Waals surface area contributed by atoms with E-state index in [1.54, 1.807) is 11.7 Å². The summed E-state index contributed by atoms with van der Waals surface area (Å²) in [6.45, 7) is 0.642. The molecule has 0 bridgehead atoms. The molecule has 0 spiro atoms. The van der Waals surface area contributed by atoms with E-state index in [2.05, 4.69) is 20.3 Å². The van der Waals surface area contributed by atoms with Gasteiger partial charge < -0.3 is 4.57 Å². The maximum absolute atomic E-state index is 12.5. The summed E-state index contributed by atoms with van der Waals surface area (Å²) in [4.78, 5) is 25.7. The van der Waals surface area contributed by atoms with Crippen LogP contribution >= 0.6 is 22.9 Å².